The molecule has 0 heterocycles. The molecule has 0 atom stereocenters. The van der Waals surface area contributed by atoms with E-state index in [1.807, 2.05) is 31.2 Å². The summed E-state index contributed by atoms with van der Waals surface area (Å²) in [6, 6.07) is 7.80. The number of carboxylic acid groups (broad SMARTS) is 1. The van der Waals surface area contributed by atoms with Gasteiger partial charge in [-0.3, -0.25) is 9.69 Å². The third kappa shape index (κ3) is 6.06. The predicted molar refractivity (Wildman–Crippen MR) is 75.3 cm³/mol. The molecule has 1 aromatic rings. The standard InChI is InChI=1S/C15H21NO3/c1-12(2)10-16(9-8-15(17)18)11-13-4-6-14(19-3)7-5-13/h4-7H,1,8-11H2,2-3H3,(H,17,18). The average molecular weight is 263 g/mol. The van der Waals surface area contributed by atoms with E-state index in [-0.39, 0.29) is 6.42 Å². The van der Waals surface area contributed by atoms with E-state index in [0.29, 0.717) is 19.6 Å². The van der Waals surface area contributed by atoms with Crippen molar-refractivity contribution in [2.45, 2.75) is 19.9 Å². The Labute approximate surface area is 114 Å². The third-order valence-corrected chi connectivity index (χ3v) is 2.70. The Bertz CT molecular complexity index is 426. The van der Waals surface area contributed by atoms with Crippen molar-refractivity contribution in [3.05, 3.63) is 42.0 Å². The van der Waals surface area contributed by atoms with Gasteiger partial charge in [-0.15, -0.1) is 0 Å². The first kappa shape index (κ1) is 15.2. The summed E-state index contributed by atoms with van der Waals surface area (Å²) in [5.74, 6) is 0.0437. The zero-order chi connectivity index (χ0) is 14.3. The fourth-order valence-corrected chi connectivity index (χ4v) is 1.84. The Hall–Kier alpha value is -1.81. The Kier molecular flexibility index (Phi) is 6.09. The van der Waals surface area contributed by atoms with Crippen LogP contribution >= 0.6 is 0 Å². The second-order valence-electron chi connectivity index (χ2n) is 4.66. The lowest BCUT2D eigenvalue weighted by atomic mass is 10.2. The van der Waals surface area contributed by atoms with Gasteiger partial charge < -0.3 is 9.84 Å². The highest BCUT2D eigenvalue weighted by molar-refractivity contribution is 5.66. The first-order valence-corrected chi connectivity index (χ1v) is 6.22. The van der Waals surface area contributed by atoms with Gasteiger partial charge in [-0.1, -0.05) is 24.3 Å². The van der Waals surface area contributed by atoms with E-state index in [1.54, 1.807) is 7.11 Å². The average Bonchev–Trinajstić information content (AvgIpc) is 2.36. The fourth-order valence-electron chi connectivity index (χ4n) is 1.84. The van der Waals surface area contributed by atoms with Gasteiger partial charge in [-0.2, -0.15) is 0 Å². The number of carboxylic acids is 1. The molecule has 0 aliphatic heterocycles. The van der Waals surface area contributed by atoms with Crippen molar-refractivity contribution in [3.8, 4) is 5.75 Å². The van der Waals surface area contributed by atoms with Crippen LogP contribution in [0.1, 0.15) is 18.9 Å². The lowest BCUT2D eigenvalue weighted by molar-refractivity contribution is -0.137. The Morgan fingerprint density at radius 2 is 2.00 bits per heavy atom. The molecule has 0 aromatic heterocycles. The van der Waals surface area contributed by atoms with Crippen LogP contribution in [0.25, 0.3) is 0 Å². The maximum Gasteiger partial charge on any atom is 0.304 e. The molecule has 4 heteroatoms. The minimum atomic E-state index is -0.776. The number of benzene rings is 1. The largest absolute Gasteiger partial charge is 0.497 e. The molecule has 1 aromatic carbocycles. The van der Waals surface area contributed by atoms with Crippen LogP contribution in [0.2, 0.25) is 0 Å². The molecular formula is C15H21NO3. The van der Waals surface area contributed by atoms with Gasteiger partial charge in [0.05, 0.1) is 13.5 Å². The number of nitrogens with zero attached hydrogens (tertiary/aromatic N) is 1. The topological polar surface area (TPSA) is 49.8 Å². The van der Waals surface area contributed by atoms with Crippen molar-refractivity contribution >= 4 is 5.97 Å². The van der Waals surface area contributed by atoms with E-state index >= 15 is 0 Å². The van der Waals surface area contributed by atoms with Gasteiger partial charge in [-0.05, 0) is 24.6 Å². The second-order valence-corrected chi connectivity index (χ2v) is 4.66. The van der Waals surface area contributed by atoms with E-state index in [0.717, 1.165) is 16.9 Å². The minimum absolute atomic E-state index is 0.142. The van der Waals surface area contributed by atoms with Gasteiger partial charge in [0.25, 0.3) is 0 Å². The van der Waals surface area contributed by atoms with Gasteiger partial charge in [-0.25, -0.2) is 0 Å². The first-order valence-electron chi connectivity index (χ1n) is 6.22. The first-order chi connectivity index (χ1) is 9.01. The van der Waals surface area contributed by atoms with Crippen LogP contribution in [-0.4, -0.2) is 36.2 Å². The summed E-state index contributed by atoms with van der Waals surface area (Å²) in [6.07, 6.45) is 0.142. The zero-order valence-corrected chi connectivity index (χ0v) is 11.6. The Morgan fingerprint density at radius 1 is 1.37 bits per heavy atom. The van der Waals surface area contributed by atoms with Crippen LogP contribution in [0, 0.1) is 0 Å². The highest BCUT2D eigenvalue weighted by Gasteiger charge is 2.08. The lowest BCUT2D eigenvalue weighted by Crippen LogP contribution is -2.27. The van der Waals surface area contributed by atoms with Crippen LogP contribution in [0.15, 0.2) is 36.4 Å². The molecular weight excluding hydrogens is 242 g/mol. The summed E-state index contributed by atoms with van der Waals surface area (Å²) in [4.78, 5) is 12.7. The molecule has 1 N–H and O–H groups in total. The molecule has 0 aliphatic rings. The normalized spacial score (nSPS) is 10.5. The number of aliphatic carboxylic acids is 1. The molecule has 0 saturated carbocycles. The SMILES string of the molecule is C=C(C)CN(CCC(=O)O)Cc1ccc(OC)cc1. The molecule has 19 heavy (non-hydrogen) atoms. The maximum atomic E-state index is 10.7. The number of hydrogen-bond acceptors (Lipinski definition) is 3. The maximum absolute atomic E-state index is 10.7. The molecule has 1 rings (SSSR count). The highest BCUT2D eigenvalue weighted by atomic mass is 16.5. The van der Waals surface area contributed by atoms with Crippen molar-refractivity contribution in [2.75, 3.05) is 20.2 Å². The van der Waals surface area contributed by atoms with Crippen LogP contribution in [-0.2, 0) is 11.3 Å². The van der Waals surface area contributed by atoms with Gasteiger partial charge in [0, 0.05) is 19.6 Å². The van der Waals surface area contributed by atoms with Gasteiger partial charge in [0.1, 0.15) is 5.75 Å². The molecule has 104 valence electrons. The number of methoxy groups -OCH3 is 1. The molecule has 0 radical (unpaired) electrons. The van der Waals surface area contributed by atoms with Crippen LogP contribution < -0.4 is 4.74 Å². The molecule has 0 spiro atoms. The summed E-state index contributed by atoms with van der Waals surface area (Å²) in [5, 5.41) is 8.77. The van der Waals surface area contributed by atoms with E-state index in [4.69, 9.17) is 9.84 Å². The van der Waals surface area contributed by atoms with Crippen molar-refractivity contribution in [3.63, 3.8) is 0 Å². The second kappa shape index (κ2) is 7.59. The fraction of sp³-hybridized carbons (Fsp3) is 0.400. The Morgan fingerprint density at radius 3 is 2.47 bits per heavy atom. The summed E-state index contributed by atoms with van der Waals surface area (Å²) < 4.78 is 5.11. The lowest BCUT2D eigenvalue weighted by Gasteiger charge is -2.21. The van der Waals surface area contributed by atoms with Crippen molar-refractivity contribution in [1.29, 1.82) is 0 Å². The van der Waals surface area contributed by atoms with Crippen molar-refractivity contribution in [1.82, 2.24) is 4.90 Å². The molecule has 0 fully saturated rings. The minimum Gasteiger partial charge on any atom is -0.497 e. The molecule has 0 unspecified atom stereocenters. The molecule has 4 nitrogen and oxygen atoms in total. The van der Waals surface area contributed by atoms with Crippen LogP contribution in [0.4, 0.5) is 0 Å². The van der Waals surface area contributed by atoms with Gasteiger partial charge in [0.15, 0.2) is 0 Å². The predicted octanol–water partition coefficient (Wildman–Crippen LogP) is 2.55. The van der Waals surface area contributed by atoms with E-state index in [9.17, 15) is 4.79 Å². The Balaban J connectivity index is 2.63. The van der Waals surface area contributed by atoms with Crippen LogP contribution in [0.5, 0.6) is 5.75 Å². The summed E-state index contributed by atoms with van der Waals surface area (Å²) in [5.41, 5.74) is 2.16. The van der Waals surface area contributed by atoms with Gasteiger partial charge in [0.2, 0.25) is 0 Å². The van der Waals surface area contributed by atoms with Crippen molar-refractivity contribution in [2.24, 2.45) is 0 Å². The summed E-state index contributed by atoms with van der Waals surface area (Å²) >= 11 is 0. The molecule has 0 aliphatic carbocycles. The van der Waals surface area contributed by atoms with E-state index < -0.39 is 5.97 Å². The number of carbonyl (C=O) groups is 1. The van der Waals surface area contributed by atoms with E-state index in [1.165, 1.54) is 0 Å². The van der Waals surface area contributed by atoms with Crippen LogP contribution in [0.3, 0.4) is 0 Å². The monoisotopic (exact) mass is 263 g/mol. The molecule has 0 saturated heterocycles. The van der Waals surface area contributed by atoms with Gasteiger partial charge >= 0.3 is 5.97 Å². The smallest absolute Gasteiger partial charge is 0.304 e. The molecule has 0 bridgehead atoms. The number of hydrogen-bond donors (Lipinski definition) is 1. The summed E-state index contributed by atoms with van der Waals surface area (Å²) in [7, 11) is 1.63. The third-order valence-electron chi connectivity index (χ3n) is 2.70. The number of rotatable bonds is 8. The van der Waals surface area contributed by atoms with Crippen molar-refractivity contribution < 1.29 is 14.6 Å². The number of ether oxygens (including phenoxy) is 1. The molecule has 0 amide bonds. The van der Waals surface area contributed by atoms with E-state index in [2.05, 4.69) is 11.5 Å². The zero-order valence-electron chi connectivity index (χ0n) is 11.6. The highest BCUT2D eigenvalue weighted by Crippen LogP contribution is 2.13. The quantitative estimate of drug-likeness (QED) is 0.732. The summed E-state index contributed by atoms with van der Waals surface area (Å²) in [6.45, 7) is 7.77.